The molecule has 8 heteroatoms. The number of hydrogen-bond donors (Lipinski definition) is 1. The second kappa shape index (κ2) is 5.29. The Balaban J connectivity index is 2.25. The van der Waals surface area contributed by atoms with E-state index in [1.165, 1.54) is 0 Å². The fourth-order valence-electron chi connectivity index (χ4n) is 2.20. The van der Waals surface area contributed by atoms with Crippen molar-refractivity contribution >= 4 is 8.32 Å². The molecule has 0 aromatic rings. The molecule has 2 bridgehead atoms. The van der Waals surface area contributed by atoms with Gasteiger partial charge in [0.1, 0.15) is 18.2 Å². The highest BCUT2D eigenvalue weighted by molar-refractivity contribution is 6.74. The molecule has 0 unspecified atom stereocenters. The van der Waals surface area contributed by atoms with Crippen LogP contribution in [0.2, 0.25) is 18.1 Å². The van der Waals surface area contributed by atoms with Crippen LogP contribution in [0.4, 0.5) is 0 Å². The summed E-state index contributed by atoms with van der Waals surface area (Å²) in [7, 11) is -2.09. The Morgan fingerprint density at radius 3 is 2.60 bits per heavy atom. The number of aliphatic hydroxyl groups excluding tert-OH is 1. The average molecular weight is 301 g/mol. The van der Waals surface area contributed by atoms with E-state index in [1.807, 2.05) is 0 Å². The molecule has 0 aromatic heterocycles. The summed E-state index contributed by atoms with van der Waals surface area (Å²) in [5.74, 6) is 0. The van der Waals surface area contributed by atoms with Gasteiger partial charge in [0.2, 0.25) is 0 Å². The van der Waals surface area contributed by atoms with Crippen molar-refractivity contribution < 1.29 is 19.0 Å². The molecule has 2 fully saturated rings. The molecule has 7 nitrogen and oxygen atoms in total. The standard InChI is InChI=1S/C12H23N3O4Si/c1-12(2,3)20(4,5)19-10-8(14-15-13)11-17-6-7(18-11)9(10)16/h7-11,16H,6H2,1-5H3/t7-,8-,9-,10-,11-/m1/s1. The minimum atomic E-state index is -2.09. The average Bonchev–Trinajstić information content (AvgIpc) is 2.76. The smallest absolute Gasteiger partial charge is 0.192 e. The fraction of sp³-hybridized carbons (Fsp3) is 1.00. The van der Waals surface area contributed by atoms with Crippen LogP contribution in [0.25, 0.3) is 10.4 Å². The number of fused-ring (bicyclic) bond motifs is 2. The lowest BCUT2D eigenvalue weighted by Crippen LogP contribution is -2.58. The summed E-state index contributed by atoms with van der Waals surface area (Å²) in [6.07, 6.45) is -2.43. The van der Waals surface area contributed by atoms with Crippen molar-refractivity contribution in [3.05, 3.63) is 10.4 Å². The largest absolute Gasteiger partial charge is 0.411 e. The number of azide groups is 1. The van der Waals surface area contributed by atoms with Crippen molar-refractivity contribution in [2.45, 2.75) is 69.5 Å². The van der Waals surface area contributed by atoms with Crippen LogP contribution < -0.4 is 0 Å². The number of ether oxygens (including phenoxy) is 2. The topological polar surface area (TPSA) is 96.7 Å². The minimum absolute atomic E-state index is 0.00579. The third-order valence-corrected chi connectivity index (χ3v) is 8.96. The van der Waals surface area contributed by atoms with Crippen molar-refractivity contribution in [3.8, 4) is 0 Å². The first kappa shape index (κ1) is 15.8. The summed E-state index contributed by atoms with van der Waals surface area (Å²) in [5.41, 5.74) is 8.73. The molecule has 2 rings (SSSR count). The molecule has 5 atom stereocenters. The fourth-order valence-corrected chi connectivity index (χ4v) is 3.52. The van der Waals surface area contributed by atoms with Crippen LogP contribution in [-0.4, -0.2) is 50.7 Å². The number of rotatable bonds is 3. The van der Waals surface area contributed by atoms with E-state index in [0.29, 0.717) is 6.61 Å². The molecule has 0 amide bonds. The van der Waals surface area contributed by atoms with Gasteiger partial charge in [0.25, 0.3) is 0 Å². The number of hydrogen-bond acceptors (Lipinski definition) is 5. The van der Waals surface area contributed by atoms with Gasteiger partial charge in [-0.2, -0.15) is 0 Å². The van der Waals surface area contributed by atoms with Crippen LogP contribution in [-0.2, 0) is 13.9 Å². The van der Waals surface area contributed by atoms with Crippen LogP contribution in [0, 0.1) is 0 Å². The maximum Gasteiger partial charge on any atom is 0.192 e. The lowest BCUT2D eigenvalue weighted by Gasteiger charge is -2.44. The molecule has 2 saturated heterocycles. The highest BCUT2D eigenvalue weighted by Crippen LogP contribution is 2.41. The predicted octanol–water partition coefficient (Wildman–Crippen LogP) is 2.17. The van der Waals surface area contributed by atoms with Crippen LogP contribution >= 0.6 is 0 Å². The van der Waals surface area contributed by atoms with Crippen LogP contribution in [0.15, 0.2) is 5.11 Å². The van der Waals surface area contributed by atoms with Gasteiger partial charge in [0, 0.05) is 4.91 Å². The third kappa shape index (κ3) is 2.72. The van der Waals surface area contributed by atoms with Gasteiger partial charge in [-0.1, -0.05) is 25.9 Å². The van der Waals surface area contributed by atoms with Crippen molar-refractivity contribution in [2.75, 3.05) is 6.61 Å². The molecule has 2 heterocycles. The molecule has 1 N–H and O–H groups in total. The van der Waals surface area contributed by atoms with Gasteiger partial charge < -0.3 is 19.0 Å². The first-order valence-corrected chi connectivity index (χ1v) is 9.75. The summed E-state index contributed by atoms with van der Waals surface area (Å²) in [6.45, 7) is 10.9. The Morgan fingerprint density at radius 1 is 1.40 bits per heavy atom. The van der Waals surface area contributed by atoms with Crippen molar-refractivity contribution in [1.82, 2.24) is 0 Å². The maximum absolute atomic E-state index is 10.4. The van der Waals surface area contributed by atoms with Gasteiger partial charge in [-0.25, -0.2) is 0 Å². The highest BCUT2D eigenvalue weighted by atomic mass is 28.4. The van der Waals surface area contributed by atoms with E-state index in [1.54, 1.807) is 0 Å². The van der Waals surface area contributed by atoms with E-state index in [9.17, 15) is 5.11 Å². The zero-order valence-corrected chi connectivity index (χ0v) is 13.6. The predicted molar refractivity (Wildman–Crippen MR) is 75.6 cm³/mol. The Kier molecular flexibility index (Phi) is 4.16. The molecule has 2 aliphatic rings. The van der Waals surface area contributed by atoms with Crippen molar-refractivity contribution in [3.63, 3.8) is 0 Å². The van der Waals surface area contributed by atoms with E-state index in [4.69, 9.17) is 19.4 Å². The SMILES string of the molecule is CC(C)(C)[Si](C)(C)O[C@H]1[C@H](O)[C@H]2CO[C@H](O2)[C@@H]1N=[N+]=[N-]. The Morgan fingerprint density at radius 2 is 2.05 bits per heavy atom. The molecule has 0 radical (unpaired) electrons. The summed E-state index contributed by atoms with van der Waals surface area (Å²) < 4.78 is 17.2. The first-order valence-electron chi connectivity index (χ1n) is 6.84. The molecule has 0 spiro atoms. The number of aliphatic hydroxyl groups is 1. The van der Waals surface area contributed by atoms with E-state index in [0.717, 1.165) is 0 Å². The van der Waals surface area contributed by atoms with Crippen molar-refractivity contribution in [2.24, 2.45) is 5.11 Å². The molecule has 0 saturated carbocycles. The third-order valence-electron chi connectivity index (χ3n) is 4.49. The monoisotopic (exact) mass is 301 g/mol. The summed E-state index contributed by atoms with van der Waals surface area (Å²) >= 11 is 0. The molecule has 20 heavy (non-hydrogen) atoms. The summed E-state index contributed by atoms with van der Waals surface area (Å²) in [5, 5.41) is 14.1. The maximum atomic E-state index is 10.4. The summed E-state index contributed by atoms with van der Waals surface area (Å²) in [6, 6.07) is -0.650. The highest BCUT2D eigenvalue weighted by Gasteiger charge is 2.53. The van der Waals surface area contributed by atoms with Gasteiger partial charge in [0.05, 0.1) is 12.7 Å². The van der Waals surface area contributed by atoms with Gasteiger partial charge in [-0.3, -0.25) is 0 Å². The normalized spacial score (nSPS) is 37.6. The van der Waals surface area contributed by atoms with Gasteiger partial charge >= 0.3 is 0 Å². The Hall–Kier alpha value is -0.633. The second-order valence-corrected chi connectivity index (χ2v) is 11.7. The quantitative estimate of drug-likeness (QED) is 0.374. The van der Waals surface area contributed by atoms with Gasteiger partial charge in [-0.15, -0.1) is 0 Å². The van der Waals surface area contributed by atoms with Crippen LogP contribution in [0.3, 0.4) is 0 Å². The lowest BCUT2D eigenvalue weighted by molar-refractivity contribution is -0.173. The van der Waals surface area contributed by atoms with Gasteiger partial charge in [-0.05, 0) is 23.7 Å². The Labute approximate surface area is 120 Å². The van der Waals surface area contributed by atoms with Gasteiger partial charge in [0.15, 0.2) is 14.6 Å². The molecular formula is C12H23N3O4Si. The van der Waals surface area contributed by atoms with Crippen LogP contribution in [0.1, 0.15) is 20.8 Å². The molecule has 0 aliphatic carbocycles. The molecule has 114 valence electrons. The lowest BCUT2D eigenvalue weighted by atomic mass is 10.00. The molecular weight excluding hydrogens is 278 g/mol. The minimum Gasteiger partial charge on any atom is -0.411 e. The van der Waals surface area contributed by atoms with E-state index >= 15 is 0 Å². The second-order valence-electron chi connectivity index (χ2n) is 6.91. The Bertz CT molecular complexity index is 419. The zero-order valence-electron chi connectivity index (χ0n) is 12.6. The number of nitrogens with zero attached hydrogens (tertiary/aromatic N) is 3. The van der Waals surface area contributed by atoms with E-state index in [-0.39, 0.29) is 5.04 Å². The molecule has 2 aliphatic heterocycles. The first-order chi connectivity index (χ1) is 9.17. The van der Waals surface area contributed by atoms with E-state index in [2.05, 4.69) is 43.9 Å². The van der Waals surface area contributed by atoms with E-state index < -0.39 is 39.0 Å². The van der Waals surface area contributed by atoms with Crippen molar-refractivity contribution in [1.29, 1.82) is 0 Å². The summed E-state index contributed by atoms with van der Waals surface area (Å²) in [4.78, 5) is 2.84. The molecule has 0 aromatic carbocycles. The van der Waals surface area contributed by atoms with Crippen LogP contribution in [0.5, 0.6) is 0 Å². The zero-order chi connectivity index (χ0) is 15.1.